The highest BCUT2D eigenvalue weighted by molar-refractivity contribution is 8.00. The average Bonchev–Trinajstić information content (AvgIpc) is 3.34. The van der Waals surface area contributed by atoms with Crippen LogP contribution in [0.3, 0.4) is 0 Å². The molecule has 1 aromatic heterocycles. The summed E-state index contributed by atoms with van der Waals surface area (Å²) in [6, 6.07) is 19.7. The molecular weight excluding hydrogens is 445 g/mol. The first-order valence-corrected chi connectivity index (χ1v) is 11.6. The van der Waals surface area contributed by atoms with E-state index >= 15 is 0 Å². The number of fused-ring (bicyclic) bond motifs is 1. The van der Waals surface area contributed by atoms with Crippen molar-refractivity contribution in [1.82, 2.24) is 4.98 Å². The van der Waals surface area contributed by atoms with Gasteiger partial charge in [-0.1, -0.05) is 35.9 Å². The van der Waals surface area contributed by atoms with Crippen LogP contribution in [0.1, 0.15) is 16.8 Å². The van der Waals surface area contributed by atoms with Crippen LogP contribution in [0.2, 0.25) is 5.02 Å². The highest BCUT2D eigenvalue weighted by Gasteiger charge is 2.19. The SMILES string of the molecule is O=C(Nc1ccc(Cl)c(-c2nccc3ccccc23)c1)c1ccc(N2CCCS2)c(F)c1. The number of aromatic nitrogens is 1. The van der Waals surface area contributed by atoms with Crippen molar-refractivity contribution in [3.05, 3.63) is 89.3 Å². The van der Waals surface area contributed by atoms with Gasteiger partial charge >= 0.3 is 0 Å². The van der Waals surface area contributed by atoms with E-state index in [9.17, 15) is 9.18 Å². The van der Waals surface area contributed by atoms with Crippen LogP contribution in [0.25, 0.3) is 22.0 Å². The smallest absolute Gasteiger partial charge is 0.255 e. The van der Waals surface area contributed by atoms with Crippen LogP contribution in [0.5, 0.6) is 0 Å². The zero-order valence-corrected chi connectivity index (χ0v) is 18.6. The van der Waals surface area contributed by atoms with E-state index in [1.54, 1.807) is 48.5 Å². The first kappa shape index (κ1) is 20.8. The second-order valence-corrected chi connectivity index (χ2v) is 9.00. The third-order valence-corrected chi connectivity index (χ3v) is 6.88. The second kappa shape index (κ2) is 8.81. The molecule has 1 aliphatic rings. The summed E-state index contributed by atoms with van der Waals surface area (Å²) in [5.41, 5.74) is 2.79. The zero-order chi connectivity index (χ0) is 22.1. The lowest BCUT2D eigenvalue weighted by Crippen LogP contribution is -2.14. The molecule has 0 unspecified atom stereocenters. The van der Waals surface area contributed by atoms with Gasteiger partial charge in [0.1, 0.15) is 5.82 Å². The maximum absolute atomic E-state index is 14.6. The molecule has 0 spiro atoms. The quantitative estimate of drug-likeness (QED) is 0.338. The molecule has 2 heterocycles. The van der Waals surface area contributed by atoms with Gasteiger partial charge in [0.2, 0.25) is 0 Å². The fourth-order valence-corrected chi connectivity index (χ4v) is 5.04. The fraction of sp³-hybridized carbons (Fsp3) is 0.120. The number of amides is 1. The van der Waals surface area contributed by atoms with Gasteiger partial charge in [-0.3, -0.25) is 9.78 Å². The Morgan fingerprint density at radius 2 is 1.97 bits per heavy atom. The zero-order valence-electron chi connectivity index (χ0n) is 17.0. The average molecular weight is 464 g/mol. The number of pyridine rings is 1. The Labute approximate surface area is 194 Å². The van der Waals surface area contributed by atoms with Gasteiger partial charge in [0.25, 0.3) is 5.91 Å². The van der Waals surface area contributed by atoms with Gasteiger partial charge in [-0.15, -0.1) is 0 Å². The molecule has 32 heavy (non-hydrogen) atoms. The van der Waals surface area contributed by atoms with Crippen molar-refractivity contribution in [3.63, 3.8) is 0 Å². The van der Waals surface area contributed by atoms with Crippen LogP contribution in [-0.4, -0.2) is 23.2 Å². The Morgan fingerprint density at radius 3 is 2.78 bits per heavy atom. The van der Waals surface area contributed by atoms with E-state index in [2.05, 4.69) is 10.3 Å². The predicted octanol–water partition coefficient (Wildman–Crippen LogP) is 6.80. The third-order valence-electron chi connectivity index (χ3n) is 5.38. The van der Waals surface area contributed by atoms with Crippen LogP contribution in [0, 0.1) is 5.82 Å². The molecule has 160 valence electrons. The molecular formula is C25H19ClFN3OS. The van der Waals surface area contributed by atoms with Crippen LogP contribution >= 0.6 is 23.5 Å². The van der Waals surface area contributed by atoms with Gasteiger partial charge in [-0.05, 0) is 66.2 Å². The number of hydrogen-bond acceptors (Lipinski definition) is 4. The summed E-state index contributed by atoms with van der Waals surface area (Å²) < 4.78 is 16.6. The molecule has 5 rings (SSSR count). The van der Waals surface area contributed by atoms with Gasteiger partial charge in [0.15, 0.2) is 0 Å². The molecule has 4 nitrogen and oxygen atoms in total. The van der Waals surface area contributed by atoms with Crippen molar-refractivity contribution in [2.45, 2.75) is 6.42 Å². The number of hydrogen-bond donors (Lipinski definition) is 1. The maximum atomic E-state index is 14.6. The van der Waals surface area contributed by atoms with E-state index in [4.69, 9.17) is 11.6 Å². The molecule has 1 aliphatic heterocycles. The molecule has 0 bridgehead atoms. The number of halogens is 2. The van der Waals surface area contributed by atoms with Crippen molar-refractivity contribution in [1.29, 1.82) is 0 Å². The van der Waals surface area contributed by atoms with E-state index in [1.807, 2.05) is 34.6 Å². The molecule has 4 aromatic rings. The van der Waals surface area contributed by atoms with Crippen LogP contribution in [-0.2, 0) is 0 Å². The first-order chi connectivity index (χ1) is 15.6. The van der Waals surface area contributed by atoms with E-state index in [1.165, 1.54) is 6.07 Å². The number of anilines is 2. The van der Waals surface area contributed by atoms with Gasteiger partial charge in [0.05, 0.1) is 16.4 Å². The fourth-order valence-electron chi connectivity index (χ4n) is 3.81. The van der Waals surface area contributed by atoms with Crippen LogP contribution in [0.4, 0.5) is 15.8 Å². The van der Waals surface area contributed by atoms with Gasteiger partial charge in [-0.2, -0.15) is 0 Å². The first-order valence-electron chi connectivity index (χ1n) is 10.3. The molecule has 1 fully saturated rings. The van der Waals surface area contributed by atoms with Crippen LogP contribution in [0.15, 0.2) is 72.9 Å². The molecule has 1 N–H and O–H groups in total. The van der Waals surface area contributed by atoms with E-state index < -0.39 is 5.82 Å². The third kappa shape index (κ3) is 4.04. The number of carbonyl (C=O) groups is 1. The minimum absolute atomic E-state index is 0.259. The van der Waals surface area contributed by atoms with Crippen LogP contribution < -0.4 is 9.62 Å². The van der Waals surface area contributed by atoms with Crippen molar-refractivity contribution in [2.24, 2.45) is 0 Å². The normalized spacial score (nSPS) is 13.5. The lowest BCUT2D eigenvalue weighted by molar-refractivity contribution is 0.102. The molecule has 3 aromatic carbocycles. The van der Waals surface area contributed by atoms with E-state index in [0.29, 0.717) is 22.0 Å². The number of benzene rings is 3. The van der Waals surface area contributed by atoms with Gasteiger partial charge < -0.3 is 9.62 Å². The Morgan fingerprint density at radius 1 is 1.09 bits per heavy atom. The Kier molecular flexibility index (Phi) is 5.72. The minimum Gasteiger partial charge on any atom is -0.322 e. The van der Waals surface area contributed by atoms with Gasteiger partial charge in [-0.25, -0.2) is 4.39 Å². The Balaban J connectivity index is 1.43. The topological polar surface area (TPSA) is 45.2 Å². The lowest BCUT2D eigenvalue weighted by atomic mass is 10.0. The molecule has 0 saturated carbocycles. The summed E-state index contributed by atoms with van der Waals surface area (Å²) in [6.45, 7) is 0.808. The minimum atomic E-state index is -0.399. The number of rotatable bonds is 4. The molecule has 1 amide bonds. The van der Waals surface area contributed by atoms with Crippen molar-refractivity contribution in [3.8, 4) is 11.3 Å². The molecule has 0 atom stereocenters. The molecule has 7 heteroatoms. The standard InChI is InChI=1S/C25H19ClFN3OS/c26-21-8-7-18(15-20(21)24-19-5-2-1-4-16(19)10-11-28-24)29-25(31)17-6-9-23(22(27)14-17)30-12-3-13-32-30/h1-2,4-11,14-15H,3,12-13H2,(H,29,31). The lowest BCUT2D eigenvalue weighted by Gasteiger charge is -2.17. The van der Waals surface area contributed by atoms with Crippen molar-refractivity contribution < 1.29 is 9.18 Å². The monoisotopic (exact) mass is 463 g/mol. The summed E-state index contributed by atoms with van der Waals surface area (Å²) >= 11 is 8.08. The summed E-state index contributed by atoms with van der Waals surface area (Å²) in [5.74, 6) is 0.194. The highest BCUT2D eigenvalue weighted by Crippen LogP contribution is 2.34. The number of nitrogens with zero attached hydrogens (tertiary/aromatic N) is 2. The Hall–Kier alpha value is -3.09. The van der Waals surface area contributed by atoms with Crippen molar-refractivity contribution in [2.75, 3.05) is 21.9 Å². The summed E-state index contributed by atoms with van der Waals surface area (Å²) in [5, 5.41) is 5.40. The summed E-state index contributed by atoms with van der Waals surface area (Å²) in [4.78, 5) is 17.3. The largest absolute Gasteiger partial charge is 0.322 e. The summed E-state index contributed by atoms with van der Waals surface area (Å²) in [7, 11) is 0. The molecule has 0 aliphatic carbocycles. The van der Waals surface area contributed by atoms with Gasteiger partial charge in [0, 0.05) is 40.7 Å². The second-order valence-electron chi connectivity index (χ2n) is 7.48. The Bertz CT molecular complexity index is 1320. The highest BCUT2D eigenvalue weighted by atomic mass is 35.5. The number of nitrogens with one attached hydrogen (secondary N) is 1. The maximum Gasteiger partial charge on any atom is 0.255 e. The number of carbonyl (C=O) groups excluding carboxylic acids is 1. The molecule has 1 saturated heterocycles. The van der Waals surface area contributed by atoms with E-state index in [0.717, 1.165) is 35.2 Å². The molecule has 0 radical (unpaired) electrons. The summed E-state index contributed by atoms with van der Waals surface area (Å²) in [6.07, 6.45) is 2.76. The van der Waals surface area contributed by atoms with E-state index in [-0.39, 0.29) is 11.5 Å². The predicted molar refractivity (Wildman–Crippen MR) is 131 cm³/mol. The van der Waals surface area contributed by atoms with Crippen molar-refractivity contribution >= 4 is 51.6 Å².